The number of carbonyl (C=O) groups excluding carboxylic acids is 1. The molecule has 0 aliphatic heterocycles. The minimum Gasteiger partial charge on any atom is -0.480 e. The number of carboxylic acid groups (broad SMARTS) is 1. The summed E-state index contributed by atoms with van der Waals surface area (Å²) in [6.45, 7) is 0. The maximum Gasteiger partial charge on any atom is 0.322 e. The van der Waals surface area contributed by atoms with Gasteiger partial charge in [-0.05, 0) is 12.1 Å². The second-order valence-corrected chi connectivity index (χ2v) is 2.99. The lowest BCUT2D eigenvalue weighted by Crippen LogP contribution is -2.51. The molecule has 0 aromatic carbocycles. The summed E-state index contributed by atoms with van der Waals surface area (Å²) in [7, 11) is 0. The Morgan fingerprint density at radius 3 is 2.20 bits per heavy atom. The van der Waals surface area contributed by atoms with Crippen molar-refractivity contribution in [3.8, 4) is 0 Å². The van der Waals surface area contributed by atoms with Crippen LogP contribution in [0, 0.1) is 0 Å². The monoisotopic (exact) mass is 209 g/mol. The van der Waals surface area contributed by atoms with Crippen LogP contribution in [0.5, 0.6) is 0 Å². The van der Waals surface area contributed by atoms with Crippen molar-refractivity contribution in [3.05, 3.63) is 30.1 Å². The number of rotatable bonds is 4. The maximum atomic E-state index is 11.6. The van der Waals surface area contributed by atoms with Gasteiger partial charge in [-0.15, -0.1) is 0 Å². The Morgan fingerprint density at radius 2 is 1.73 bits per heavy atom. The number of hydrogen-bond donors (Lipinski definition) is 3. The summed E-state index contributed by atoms with van der Waals surface area (Å²) < 4.78 is 0. The number of hydrogen-bond acceptors (Lipinski definition) is 5. The molecule has 1 aromatic heterocycles. The quantitative estimate of drug-likeness (QED) is 0.547. The van der Waals surface area contributed by atoms with Gasteiger partial charge in [-0.3, -0.25) is 14.6 Å². The van der Waals surface area contributed by atoms with Gasteiger partial charge in [-0.1, -0.05) is 0 Å². The van der Waals surface area contributed by atoms with E-state index in [4.69, 9.17) is 16.6 Å². The number of nitrogens with zero attached hydrogens (tertiary/aromatic N) is 1. The Labute approximate surface area is 85.9 Å². The van der Waals surface area contributed by atoms with Crippen molar-refractivity contribution in [1.29, 1.82) is 0 Å². The summed E-state index contributed by atoms with van der Waals surface area (Å²) in [5, 5.41) is 8.58. The molecule has 0 saturated carbocycles. The van der Waals surface area contributed by atoms with E-state index >= 15 is 0 Å². The third-order valence-electron chi connectivity index (χ3n) is 1.94. The molecule has 1 aromatic rings. The number of ketones is 1. The predicted molar refractivity (Wildman–Crippen MR) is 52.2 cm³/mol. The van der Waals surface area contributed by atoms with Crippen LogP contribution in [0.15, 0.2) is 24.5 Å². The average molecular weight is 209 g/mol. The Balaban J connectivity index is 2.82. The first-order valence-corrected chi connectivity index (χ1v) is 4.22. The van der Waals surface area contributed by atoms with Crippen LogP contribution in [0.25, 0.3) is 0 Å². The third-order valence-corrected chi connectivity index (χ3v) is 1.94. The number of carboxylic acids is 1. The molecule has 6 heteroatoms. The summed E-state index contributed by atoms with van der Waals surface area (Å²) in [6, 6.07) is 0.267. The Hall–Kier alpha value is -1.79. The molecule has 0 fully saturated rings. The Morgan fingerprint density at radius 1 is 1.20 bits per heavy atom. The van der Waals surface area contributed by atoms with Crippen LogP contribution in [0.3, 0.4) is 0 Å². The molecule has 0 saturated heterocycles. The van der Waals surface area contributed by atoms with Crippen molar-refractivity contribution in [2.75, 3.05) is 0 Å². The molecule has 1 heterocycles. The van der Waals surface area contributed by atoms with Crippen LogP contribution in [-0.2, 0) is 4.79 Å². The highest BCUT2D eigenvalue weighted by molar-refractivity contribution is 6.02. The first-order chi connectivity index (χ1) is 7.04. The SMILES string of the molecule is NC(C(=O)O)C(N)C(=O)c1ccncc1. The highest BCUT2D eigenvalue weighted by atomic mass is 16.4. The largest absolute Gasteiger partial charge is 0.480 e. The summed E-state index contributed by atoms with van der Waals surface area (Å²) in [4.78, 5) is 25.8. The predicted octanol–water partition coefficient (Wildman–Crippen LogP) is -0.996. The Bertz CT molecular complexity index is 366. The zero-order valence-electron chi connectivity index (χ0n) is 7.83. The van der Waals surface area contributed by atoms with E-state index < -0.39 is 23.8 Å². The minimum atomic E-state index is -1.40. The molecular weight excluding hydrogens is 198 g/mol. The van der Waals surface area contributed by atoms with Gasteiger partial charge < -0.3 is 16.6 Å². The van der Waals surface area contributed by atoms with Crippen LogP contribution in [0.1, 0.15) is 10.4 Å². The van der Waals surface area contributed by atoms with Crippen LogP contribution in [0.4, 0.5) is 0 Å². The van der Waals surface area contributed by atoms with Gasteiger partial charge in [-0.25, -0.2) is 0 Å². The van der Waals surface area contributed by atoms with Gasteiger partial charge in [0.2, 0.25) is 0 Å². The standard InChI is InChI=1S/C9H11N3O3/c10-6(7(11)9(14)15)8(13)5-1-3-12-4-2-5/h1-4,6-7H,10-11H2,(H,14,15). The zero-order chi connectivity index (χ0) is 11.4. The van der Waals surface area contributed by atoms with E-state index in [0.29, 0.717) is 5.56 Å². The van der Waals surface area contributed by atoms with Crippen LogP contribution < -0.4 is 11.5 Å². The minimum absolute atomic E-state index is 0.300. The molecule has 0 aliphatic rings. The van der Waals surface area contributed by atoms with E-state index in [1.807, 2.05) is 0 Å². The lowest BCUT2D eigenvalue weighted by Gasteiger charge is -2.14. The van der Waals surface area contributed by atoms with Gasteiger partial charge in [0.1, 0.15) is 6.04 Å². The molecule has 0 amide bonds. The lowest BCUT2D eigenvalue weighted by molar-refractivity contribution is -0.138. The molecule has 0 spiro atoms. The molecule has 2 atom stereocenters. The fourth-order valence-corrected chi connectivity index (χ4v) is 1.03. The molecular formula is C9H11N3O3. The second kappa shape index (κ2) is 4.63. The highest BCUT2D eigenvalue weighted by Gasteiger charge is 2.27. The van der Waals surface area contributed by atoms with Gasteiger partial charge in [0.15, 0.2) is 5.78 Å². The van der Waals surface area contributed by atoms with Crippen LogP contribution >= 0.6 is 0 Å². The van der Waals surface area contributed by atoms with E-state index in [9.17, 15) is 9.59 Å². The number of aromatic nitrogens is 1. The first kappa shape index (κ1) is 11.3. The fourth-order valence-electron chi connectivity index (χ4n) is 1.03. The van der Waals surface area contributed by atoms with Gasteiger partial charge in [0, 0.05) is 18.0 Å². The van der Waals surface area contributed by atoms with Crippen molar-refractivity contribution >= 4 is 11.8 Å². The third kappa shape index (κ3) is 2.58. The second-order valence-electron chi connectivity index (χ2n) is 2.99. The van der Waals surface area contributed by atoms with E-state index in [2.05, 4.69) is 4.98 Å². The number of carbonyl (C=O) groups is 2. The molecule has 1 rings (SSSR count). The smallest absolute Gasteiger partial charge is 0.322 e. The van der Waals surface area contributed by atoms with Crippen molar-refractivity contribution in [1.82, 2.24) is 4.98 Å². The molecule has 80 valence electrons. The molecule has 0 aliphatic carbocycles. The fraction of sp³-hybridized carbons (Fsp3) is 0.222. The summed E-state index contributed by atoms with van der Waals surface area (Å²) >= 11 is 0. The van der Waals surface area contributed by atoms with Crippen molar-refractivity contribution in [3.63, 3.8) is 0 Å². The highest BCUT2D eigenvalue weighted by Crippen LogP contribution is 2.02. The number of aliphatic carboxylic acids is 1. The molecule has 2 unspecified atom stereocenters. The lowest BCUT2D eigenvalue weighted by atomic mass is 10.0. The van der Waals surface area contributed by atoms with E-state index in [0.717, 1.165) is 0 Å². The van der Waals surface area contributed by atoms with Crippen molar-refractivity contribution in [2.45, 2.75) is 12.1 Å². The molecule has 15 heavy (non-hydrogen) atoms. The first-order valence-electron chi connectivity index (χ1n) is 4.22. The molecule has 6 nitrogen and oxygen atoms in total. The number of pyridine rings is 1. The molecule has 0 bridgehead atoms. The summed E-state index contributed by atoms with van der Waals surface area (Å²) in [6.07, 6.45) is 2.85. The van der Waals surface area contributed by atoms with Crippen LogP contribution in [-0.4, -0.2) is 33.9 Å². The van der Waals surface area contributed by atoms with Crippen LogP contribution in [0.2, 0.25) is 0 Å². The van der Waals surface area contributed by atoms with Crippen molar-refractivity contribution in [2.24, 2.45) is 11.5 Å². The van der Waals surface area contributed by atoms with Crippen molar-refractivity contribution < 1.29 is 14.7 Å². The van der Waals surface area contributed by atoms with E-state index in [-0.39, 0.29) is 0 Å². The average Bonchev–Trinajstić information content (AvgIpc) is 2.27. The van der Waals surface area contributed by atoms with Gasteiger partial charge in [-0.2, -0.15) is 0 Å². The van der Waals surface area contributed by atoms with Gasteiger partial charge in [0.05, 0.1) is 6.04 Å². The normalized spacial score (nSPS) is 14.3. The Kier molecular flexibility index (Phi) is 3.48. The topological polar surface area (TPSA) is 119 Å². The van der Waals surface area contributed by atoms with Gasteiger partial charge in [0.25, 0.3) is 0 Å². The summed E-state index contributed by atoms with van der Waals surface area (Å²) in [5.74, 6) is -1.81. The van der Waals surface area contributed by atoms with E-state index in [1.54, 1.807) is 0 Å². The molecule has 5 N–H and O–H groups in total. The number of nitrogens with two attached hydrogens (primary N) is 2. The maximum absolute atomic E-state index is 11.6. The van der Waals surface area contributed by atoms with Gasteiger partial charge >= 0.3 is 5.97 Å². The van der Waals surface area contributed by atoms with E-state index in [1.165, 1.54) is 24.5 Å². The summed E-state index contributed by atoms with van der Waals surface area (Å²) in [5.41, 5.74) is 11.0. The zero-order valence-corrected chi connectivity index (χ0v) is 7.83. The molecule has 0 radical (unpaired) electrons. The number of Topliss-reactive ketones (excluding diaryl/α,β-unsaturated/α-hetero) is 1.